The zero-order valence-corrected chi connectivity index (χ0v) is 11.8. The van der Waals surface area contributed by atoms with E-state index in [1.807, 2.05) is 12.1 Å². The van der Waals surface area contributed by atoms with Crippen molar-refractivity contribution < 1.29 is 9.13 Å². The van der Waals surface area contributed by atoms with Gasteiger partial charge in [0.1, 0.15) is 5.82 Å². The maximum Gasteiger partial charge on any atom is 0.123 e. The van der Waals surface area contributed by atoms with E-state index >= 15 is 0 Å². The Kier molecular flexibility index (Phi) is 5.76. The van der Waals surface area contributed by atoms with Gasteiger partial charge in [0.25, 0.3) is 0 Å². The van der Waals surface area contributed by atoms with E-state index in [1.165, 1.54) is 12.1 Å². The van der Waals surface area contributed by atoms with Crippen molar-refractivity contribution in [3.8, 4) is 0 Å². The van der Waals surface area contributed by atoms with Crippen molar-refractivity contribution in [1.82, 2.24) is 5.32 Å². The van der Waals surface area contributed by atoms with Gasteiger partial charge in [-0.3, -0.25) is 0 Å². The van der Waals surface area contributed by atoms with Gasteiger partial charge >= 0.3 is 0 Å². The molecule has 1 N–H and O–H groups in total. The van der Waals surface area contributed by atoms with Gasteiger partial charge in [-0.1, -0.05) is 12.1 Å². The predicted molar refractivity (Wildman–Crippen MR) is 73.3 cm³/mol. The largest absolute Gasteiger partial charge is 0.375 e. The predicted octanol–water partition coefficient (Wildman–Crippen LogP) is 3.16. The highest BCUT2D eigenvalue weighted by atomic mass is 19.1. The molecule has 102 valence electrons. The summed E-state index contributed by atoms with van der Waals surface area (Å²) in [5.41, 5.74) is 1.06. The number of benzene rings is 1. The van der Waals surface area contributed by atoms with Crippen molar-refractivity contribution in [2.45, 2.75) is 45.8 Å². The van der Waals surface area contributed by atoms with Crippen LogP contribution in [0.4, 0.5) is 4.39 Å². The molecule has 0 aliphatic heterocycles. The molecule has 0 fully saturated rings. The first-order valence-corrected chi connectivity index (χ1v) is 6.48. The van der Waals surface area contributed by atoms with Gasteiger partial charge in [0.2, 0.25) is 0 Å². The molecule has 18 heavy (non-hydrogen) atoms. The third-order valence-corrected chi connectivity index (χ3v) is 2.59. The summed E-state index contributed by atoms with van der Waals surface area (Å²) in [5, 5.41) is 3.40. The Labute approximate surface area is 110 Å². The van der Waals surface area contributed by atoms with Crippen molar-refractivity contribution in [3.63, 3.8) is 0 Å². The minimum atomic E-state index is -0.182. The van der Waals surface area contributed by atoms with Crippen LogP contribution in [0.1, 0.15) is 33.3 Å². The summed E-state index contributed by atoms with van der Waals surface area (Å²) in [6.07, 6.45) is 0.899. The van der Waals surface area contributed by atoms with Gasteiger partial charge in [0, 0.05) is 12.6 Å². The van der Waals surface area contributed by atoms with Crippen LogP contribution in [0.5, 0.6) is 0 Å². The molecule has 1 unspecified atom stereocenters. The maximum absolute atomic E-state index is 12.8. The molecule has 0 saturated carbocycles. The van der Waals surface area contributed by atoms with Crippen LogP contribution in [0.2, 0.25) is 0 Å². The quantitative estimate of drug-likeness (QED) is 0.786. The van der Waals surface area contributed by atoms with Crippen LogP contribution in [-0.2, 0) is 11.2 Å². The van der Waals surface area contributed by atoms with Gasteiger partial charge in [-0.2, -0.15) is 0 Å². The maximum atomic E-state index is 12.8. The minimum Gasteiger partial charge on any atom is -0.375 e. The lowest BCUT2D eigenvalue weighted by Gasteiger charge is -2.21. The molecule has 1 aromatic rings. The first-order valence-electron chi connectivity index (χ1n) is 6.48. The van der Waals surface area contributed by atoms with Crippen LogP contribution >= 0.6 is 0 Å². The van der Waals surface area contributed by atoms with Crippen molar-refractivity contribution in [3.05, 3.63) is 35.6 Å². The smallest absolute Gasteiger partial charge is 0.123 e. The van der Waals surface area contributed by atoms with Gasteiger partial charge in [0.15, 0.2) is 0 Å². The average molecular weight is 253 g/mol. The second kappa shape index (κ2) is 6.86. The van der Waals surface area contributed by atoms with E-state index in [9.17, 15) is 4.39 Å². The average Bonchev–Trinajstić information content (AvgIpc) is 2.26. The van der Waals surface area contributed by atoms with Gasteiger partial charge in [-0.15, -0.1) is 0 Å². The second-order valence-electron chi connectivity index (χ2n) is 5.65. The van der Waals surface area contributed by atoms with E-state index in [0.29, 0.717) is 12.6 Å². The minimum absolute atomic E-state index is 0.0815. The summed E-state index contributed by atoms with van der Waals surface area (Å²) in [5.74, 6) is -0.182. The fraction of sp³-hybridized carbons (Fsp3) is 0.600. The van der Waals surface area contributed by atoms with Crippen LogP contribution in [0, 0.1) is 5.82 Å². The first kappa shape index (κ1) is 15.1. The Balaban J connectivity index is 2.21. The summed E-state index contributed by atoms with van der Waals surface area (Å²) >= 11 is 0. The molecule has 3 heteroatoms. The van der Waals surface area contributed by atoms with Crippen molar-refractivity contribution in [2.24, 2.45) is 0 Å². The molecule has 1 rings (SSSR count). The molecule has 0 radical (unpaired) electrons. The Bertz CT molecular complexity index is 343. The van der Waals surface area contributed by atoms with E-state index in [4.69, 9.17) is 4.74 Å². The van der Waals surface area contributed by atoms with Crippen LogP contribution in [0.25, 0.3) is 0 Å². The number of halogens is 1. The number of ether oxygens (including phenoxy) is 1. The monoisotopic (exact) mass is 253 g/mol. The van der Waals surface area contributed by atoms with Gasteiger partial charge in [-0.05, 0) is 51.8 Å². The van der Waals surface area contributed by atoms with Crippen molar-refractivity contribution in [1.29, 1.82) is 0 Å². The molecule has 0 aliphatic carbocycles. The fourth-order valence-corrected chi connectivity index (χ4v) is 1.71. The van der Waals surface area contributed by atoms with Crippen molar-refractivity contribution in [2.75, 3.05) is 13.2 Å². The van der Waals surface area contributed by atoms with Crippen molar-refractivity contribution >= 4 is 0 Å². The second-order valence-corrected chi connectivity index (χ2v) is 5.65. The normalized spacial score (nSPS) is 13.6. The summed E-state index contributed by atoms with van der Waals surface area (Å²) in [6.45, 7) is 9.82. The molecule has 0 spiro atoms. The van der Waals surface area contributed by atoms with Crippen LogP contribution in [0.15, 0.2) is 24.3 Å². The molecule has 1 aromatic carbocycles. The summed E-state index contributed by atoms with van der Waals surface area (Å²) < 4.78 is 18.4. The van der Waals surface area contributed by atoms with E-state index in [1.54, 1.807) is 0 Å². The van der Waals surface area contributed by atoms with E-state index in [-0.39, 0.29) is 11.4 Å². The third-order valence-electron chi connectivity index (χ3n) is 2.59. The Morgan fingerprint density at radius 1 is 1.22 bits per heavy atom. The van der Waals surface area contributed by atoms with Gasteiger partial charge < -0.3 is 10.1 Å². The summed E-state index contributed by atoms with van der Waals surface area (Å²) in [4.78, 5) is 0. The molecular weight excluding hydrogens is 229 g/mol. The number of rotatable bonds is 6. The highest BCUT2D eigenvalue weighted by molar-refractivity contribution is 5.16. The topological polar surface area (TPSA) is 21.3 Å². The lowest BCUT2D eigenvalue weighted by atomic mass is 10.1. The molecule has 0 bridgehead atoms. The molecular formula is C15H24FNO. The number of hydrogen-bond acceptors (Lipinski definition) is 2. The Morgan fingerprint density at radius 3 is 2.39 bits per heavy atom. The molecule has 0 aliphatic rings. The summed E-state index contributed by atoms with van der Waals surface area (Å²) in [6, 6.07) is 7.03. The Morgan fingerprint density at radius 2 is 1.83 bits per heavy atom. The molecule has 2 nitrogen and oxygen atoms in total. The van der Waals surface area contributed by atoms with Crippen LogP contribution in [-0.4, -0.2) is 24.8 Å². The third kappa shape index (κ3) is 6.72. The zero-order chi connectivity index (χ0) is 13.6. The van der Waals surface area contributed by atoms with E-state index in [2.05, 4.69) is 33.0 Å². The lowest BCUT2D eigenvalue weighted by molar-refractivity contribution is -0.00147. The van der Waals surface area contributed by atoms with E-state index < -0.39 is 0 Å². The molecule has 0 amide bonds. The lowest BCUT2D eigenvalue weighted by Crippen LogP contribution is -2.33. The first-order chi connectivity index (χ1) is 8.37. The van der Waals surface area contributed by atoms with Gasteiger partial charge in [-0.25, -0.2) is 4.39 Å². The molecule has 0 heterocycles. The Hall–Kier alpha value is -0.930. The van der Waals surface area contributed by atoms with Crippen LogP contribution < -0.4 is 5.32 Å². The fourth-order valence-electron chi connectivity index (χ4n) is 1.71. The van der Waals surface area contributed by atoms with Gasteiger partial charge in [0.05, 0.1) is 12.2 Å². The standard InChI is InChI=1S/C15H24FNO/c1-12(17-9-10-18-15(2,3)4)11-13-5-7-14(16)8-6-13/h5-8,12,17H,9-11H2,1-4H3. The number of hydrogen-bond donors (Lipinski definition) is 1. The highest BCUT2D eigenvalue weighted by Crippen LogP contribution is 2.07. The summed E-state index contributed by atoms with van der Waals surface area (Å²) in [7, 11) is 0. The zero-order valence-electron chi connectivity index (χ0n) is 11.8. The highest BCUT2D eigenvalue weighted by Gasteiger charge is 2.09. The SMILES string of the molecule is CC(Cc1ccc(F)cc1)NCCOC(C)(C)C. The molecule has 0 aromatic heterocycles. The van der Waals surface area contributed by atoms with Crippen LogP contribution in [0.3, 0.4) is 0 Å². The molecule has 1 atom stereocenters. The molecule has 0 saturated heterocycles. The van der Waals surface area contributed by atoms with E-state index in [0.717, 1.165) is 18.5 Å². The number of nitrogens with one attached hydrogen (secondary N) is 1.